The van der Waals surface area contributed by atoms with E-state index in [1.807, 2.05) is 24.3 Å². The van der Waals surface area contributed by atoms with Crippen LogP contribution in [0.5, 0.6) is 5.75 Å². The van der Waals surface area contributed by atoms with Crippen LogP contribution < -0.4 is 10.1 Å². The molecule has 0 aliphatic carbocycles. The van der Waals surface area contributed by atoms with Crippen molar-refractivity contribution in [2.75, 3.05) is 19.0 Å². The molecule has 4 nitrogen and oxygen atoms in total. The lowest BCUT2D eigenvalue weighted by molar-refractivity contribution is 0.413. The van der Waals surface area contributed by atoms with Gasteiger partial charge in [0.2, 0.25) is 0 Å². The maximum absolute atomic E-state index is 5.17. The third kappa shape index (κ3) is 2.97. The van der Waals surface area contributed by atoms with Crippen LogP contribution in [0.3, 0.4) is 0 Å². The zero-order chi connectivity index (χ0) is 12.8. The Bertz CT molecular complexity index is 514. The summed E-state index contributed by atoms with van der Waals surface area (Å²) in [4.78, 5) is 8.69. The van der Waals surface area contributed by atoms with E-state index in [9.17, 15) is 0 Å². The monoisotopic (exact) mass is 243 g/mol. The average Bonchev–Trinajstić information content (AvgIpc) is 2.45. The summed E-state index contributed by atoms with van der Waals surface area (Å²) in [5.41, 5.74) is 1.84. The van der Waals surface area contributed by atoms with Crippen molar-refractivity contribution in [2.45, 2.75) is 13.3 Å². The van der Waals surface area contributed by atoms with E-state index in [1.54, 1.807) is 19.5 Å². The molecule has 0 bridgehead atoms. The first-order chi connectivity index (χ1) is 8.83. The quantitative estimate of drug-likeness (QED) is 0.877. The molecule has 0 aliphatic rings. The normalized spacial score (nSPS) is 10.1. The summed E-state index contributed by atoms with van der Waals surface area (Å²) < 4.78 is 5.17. The Morgan fingerprint density at radius 1 is 1.28 bits per heavy atom. The second kappa shape index (κ2) is 6.00. The second-order valence-corrected chi connectivity index (χ2v) is 3.95. The maximum atomic E-state index is 5.17. The molecule has 0 aromatic carbocycles. The van der Waals surface area contributed by atoms with Gasteiger partial charge in [0.15, 0.2) is 0 Å². The maximum Gasteiger partial charge on any atom is 0.137 e. The third-order valence-electron chi connectivity index (χ3n) is 2.55. The van der Waals surface area contributed by atoms with Gasteiger partial charge in [-0.15, -0.1) is 0 Å². The Hall–Kier alpha value is -2.10. The van der Waals surface area contributed by atoms with Crippen molar-refractivity contribution in [2.24, 2.45) is 0 Å². The Labute approximate surface area is 107 Å². The highest BCUT2D eigenvalue weighted by Gasteiger charge is 2.02. The molecule has 0 saturated carbocycles. The highest BCUT2D eigenvalue weighted by molar-refractivity contribution is 5.61. The number of nitrogens with one attached hydrogen (secondary N) is 1. The number of methoxy groups -OCH3 is 1. The minimum absolute atomic E-state index is 0.737. The predicted molar refractivity (Wildman–Crippen MR) is 72.8 cm³/mol. The zero-order valence-electron chi connectivity index (χ0n) is 10.7. The molecule has 1 N–H and O–H groups in total. The summed E-state index contributed by atoms with van der Waals surface area (Å²) in [5.74, 6) is 1.62. The molecule has 4 heteroatoms. The predicted octanol–water partition coefficient (Wildman–Crippen LogP) is 2.97. The summed E-state index contributed by atoms with van der Waals surface area (Å²) in [6.45, 7) is 3.05. The largest absolute Gasteiger partial charge is 0.495 e. The van der Waals surface area contributed by atoms with Crippen LogP contribution in [0.25, 0.3) is 11.3 Å². The summed E-state index contributed by atoms with van der Waals surface area (Å²) in [6, 6.07) is 7.85. The molecule has 0 unspecified atom stereocenters. The van der Waals surface area contributed by atoms with Crippen molar-refractivity contribution in [1.29, 1.82) is 0 Å². The summed E-state index contributed by atoms with van der Waals surface area (Å²) >= 11 is 0. The molecule has 2 rings (SSSR count). The molecular weight excluding hydrogens is 226 g/mol. The smallest absolute Gasteiger partial charge is 0.137 e. The van der Waals surface area contributed by atoms with Gasteiger partial charge in [0.1, 0.15) is 11.6 Å². The van der Waals surface area contributed by atoms with E-state index in [-0.39, 0.29) is 0 Å². The van der Waals surface area contributed by atoms with E-state index in [0.29, 0.717) is 0 Å². The number of hydrogen-bond acceptors (Lipinski definition) is 4. The van der Waals surface area contributed by atoms with E-state index >= 15 is 0 Å². The van der Waals surface area contributed by atoms with Crippen LogP contribution >= 0.6 is 0 Å². The highest BCUT2D eigenvalue weighted by Crippen LogP contribution is 2.21. The first kappa shape index (κ1) is 12.4. The Morgan fingerprint density at radius 2 is 2.17 bits per heavy atom. The van der Waals surface area contributed by atoms with E-state index in [0.717, 1.165) is 35.8 Å². The SMILES string of the molecule is CCCNc1cccc(-c2cncc(OC)c2)n1. The average molecular weight is 243 g/mol. The highest BCUT2D eigenvalue weighted by atomic mass is 16.5. The zero-order valence-corrected chi connectivity index (χ0v) is 10.7. The van der Waals surface area contributed by atoms with Crippen LogP contribution in [-0.2, 0) is 0 Å². The lowest BCUT2D eigenvalue weighted by Gasteiger charge is -2.07. The third-order valence-corrected chi connectivity index (χ3v) is 2.55. The van der Waals surface area contributed by atoms with Gasteiger partial charge in [-0.3, -0.25) is 4.98 Å². The van der Waals surface area contributed by atoms with Crippen LogP contribution in [0.4, 0.5) is 5.82 Å². The number of ether oxygens (including phenoxy) is 1. The summed E-state index contributed by atoms with van der Waals surface area (Å²) in [5, 5.41) is 3.27. The molecule has 0 spiro atoms. The van der Waals surface area contributed by atoms with E-state index in [1.165, 1.54) is 0 Å². The number of hydrogen-bond donors (Lipinski definition) is 1. The lowest BCUT2D eigenvalue weighted by Crippen LogP contribution is -2.02. The van der Waals surface area contributed by atoms with Gasteiger partial charge in [-0.05, 0) is 24.6 Å². The van der Waals surface area contributed by atoms with Gasteiger partial charge in [0.05, 0.1) is 19.0 Å². The molecule has 0 atom stereocenters. The van der Waals surface area contributed by atoms with Crippen molar-refractivity contribution < 1.29 is 4.74 Å². The molecule has 2 aromatic heterocycles. The van der Waals surface area contributed by atoms with Crippen molar-refractivity contribution in [3.8, 4) is 17.0 Å². The van der Waals surface area contributed by atoms with Crippen LogP contribution in [0.15, 0.2) is 36.7 Å². The van der Waals surface area contributed by atoms with Crippen LogP contribution in [0.2, 0.25) is 0 Å². The van der Waals surface area contributed by atoms with Gasteiger partial charge in [0, 0.05) is 18.3 Å². The van der Waals surface area contributed by atoms with Crippen molar-refractivity contribution >= 4 is 5.82 Å². The van der Waals surface area contributed by atoms with Crippen molar-refractivity contribution in [3.63, 3.8) is 0 Å². The van der Waals surface area contributed by atoms with E-state index in [4.69, 9.17) is 4.74 Å². The molecule has 2 heterocycles. The van der Waals surface area contributed by atoms with Crippen molar-refractivity contribution in [1.82, 2.24) is 9.97 Å². The van der Waals surface area contributed by atoms with Crippen LogP contribution in [-0.4, -0.2) is 23.6 Å². The molecule has 0 amide bonds. The van der Waals surface area contributed by atoms with Crippen LogP contribution in [0, 0.1) is 0 Å². The van der Waals surface area contributed by atoms with E-state index in [2.05, 4.69) is 22.2 Å². The molecule has 2 aromatic rings. The van der Waals surface area contributed by atoms with Gasteiger partial charge in [0.25, 0.3) is 0 Å². The minimum atomic E-state index is 0.737. The topological polar surface area (TPSA) is 47.0 Å². The Balaban J connectivity index is 2.26. The molecular formula is C14H17N3O. The Morgan fingerprint density at radius 3 is 2.94 bits per heavy atom. The fourth-order valence-electron chi connectivity index (χ4n) is 1.62. The van der Waals surface area contributed by atoms with E-state index < -0.39 is 0 Å². The van der Waals surface area contributed by atoms with Gasteiger partial charge in [-0.1, -0.05) is 13.0 Å². The van der Waals surface area contributed by atoms with Gasteiger partial charge >= 0.3 is 0 Å². The number of aromatic nitrogens is 2. The number of nitrogens with zero attached hydrogens (tertiary/aromatic N) is 2. The summed E-state index contributed by atoms with van der Waals surface area (Å²) in [7, 11) is 1.63. The number of rotatable bonds is 5. The lowest BCUT2D eigenvalue weighted by atomic mass is 10.2. The number of anilines is 1. The number of pyridine rings is 2. The van der Waals surface area contributed by atoms with Crippen LogP contribution in [0.1, 0.15) is 13.3 Å². The first-order valence-corrected chi connectivity index (χ1v) is 6.04. The summed E-state index contributed by atoms with van der Waals surface area (Å²) in [6.07, 6.45) is 4.55. The Kier molecular flexibility index (Phi) is 4.12. The fourth-order valence-corrected chi connectivity index (χ4v) is 1.62. The van der Waals surface area contributed by atoms with Gasteiger partial charge in [-0.2, -0.15) is 0 Å². The van der Waals surface area contributed by atoms with Gasteiger partial charge < -0.3 is 10.1 Å². The minimum Gasteiger partial charge on any atom is -0.495 e. The molecule has 0 aliphatic heterocycles. The van der Waals surface area contributed by atoms with Crippen molar-refractivity contribution in [3.05, 3.63) is 36.7 Å². The molecule has 94 valence electrons. The fraction of sp³-hybridized carbons (Fsp3) is 0.286. The molecule has 18 heavy (non-hydrogen) atoms. The molecule has 0 radical (unpaired) electrons. The first-order valence-electron chi connectivity index (χ1n) is 6.04. The standard InChI is InChI=1S/C14H17N3O/c1-3-7-16-14-6-4-5-13(17-14)11-8-12(18-2)10-15-9-11/h4-6,8-10H,3,7H2,1-2H3,(H,16,17). The molecule has 0 saturated heterocycles. The molecule has 0 fully saturated rings. The van der Waals surface area contributed by atoms with Gasteiger partial charge in [-0.25, -0.2) is 4.98 Å². The second-order valence-electron chi connectivity index (χ2n) is 3.95.